The van der Waals surface area contributed by atoms with Gasteiger partial charge in [0.1, 0.15) is 5.75 Å². The number of nitrogens with zero attached hydrogens (tertiary/aromatic N) is 1. The van der Waals surface area contributed by atoms with E-state index in [1.165, 1.54) is 7.11 Å². The first-order chi connectivity index (χ1) is 12.2. The van der Waals surface area contributed by atoms with Crippen molar-refractivity contribution in [2.45, 2.75) is 0 Å². The summed E-state index contributed by atoms with van der Waals surface area (Å²) in [5.74, 6) is 0.120. The van der Waals surface area contributed by atoms with Crippen LogP contribution >= 0.6 is 22.9 Å². The number of thiophene rings is 1. The summed E-state index contributed by atoms with van der Waals surface area (Å²) in [6, 6.07) is 16.3. The smallest absolute Gasteiger partial charge is 0.259 e. The van der Waals surface area contributed by atoms with Crippen molar-refractivity contribution in [1.82, 2.24) is 0 Å². The monoisotopic (exact) mass is 370 g/mol. The second kappa shape index (κ2) is 7.96. The highest BCUT2D eigenvalue weighted by Gasteiger charge is 2.16. The van der Waals surface area contributed by atoms with E-state index in [4.69, 9.17) is 16.3 Å². The first-order valence-electron chi connectivity index (χ1n) is 7.49. The molecular weight excluding hydrogens is 356 g/mol. The number of ether oxygens (including phenoxy) is 1. The van der Waals surface area contributed by atoms with Crippen LogP contribution in [0.25, 0.3) is 0 Å². The number of nitrogens with one attached hydrogen (secondary N) is 1. The molecule has 1 heterocycles. The minimum Gasteiger partial charge on any atom is -0.496 e. The zero-order valence-corrected chi connectivity index (χ0v) is 15.0. The second-order valence-electron chi connectivity index (χ2n) is 5.10. The number of halogens is 1. The molecule has 0 aliphatic carbocycles. The van der Waals surface area contributed by atoms with Gasteiger partial charge in [-0.2, -0.15) is 0 Å². The highest BCUT2D eigenvalue weighted by Crippen LogP contribution is 2.33. The van der Waals surface area contributed by atoms with E-state index in [2.05, 4.69) is 10.3 Å². The molecule has 0 saturated heterocycles. The van der Waals surface area contributed by atoms with Crippen molar-refractivity contribution in [2.24, 2.45) is 4.99 Å². The van der Waals surface area contributed by atoms with Crippen molar-refractivity contribution >= 4 is 46.4 Å². The number of hydrogen-bond donors (Lipinski definition) is 1. The lowest BCUT2D eigenvalue weighted by Gasteiger charge is -2.11. The summed E-state index contributed by atoms with van der Waals surface area (Å²) in [6.07, 6.45) is 1.73. The molecule has 2 aromatic carbocycles. The van der Waals surface area contributed by atoms with Crippen LogP contribution in [0, 0.1) is 0 Å². The molecule has 0 aliphatic rings. The molecule has 3 rings (SSSR count). The lowest BCUT2D eigenvalue weighted by Crippen LogP contribution is -2.13. The number of anilines is 1. The highest BCUT2D eigenvalue weighted by molar-refractivity contribution is 7.11. The molecule has 0 fully saturated rings. The summed E-state index contributed by atoms with van der Waals surface area (Å²) in [5, 5.41) is 5.17. The minimum absolute atomic E-state index is 0.293. The van der Waals surface area contributed by atoms with Gasteiger partial charge in [0.15, 0.2) is 0 Å². The Hall–Kier alpha value is -2.63. The zero-order valence-electron chi connectivity index (χ0n) is 13.4. The topological polar surface area (TPSA) is 50.7 Å². The van der Waals surface area contributed by atoms with Crippen molar-refractivity contribution in [3.05, 3.63) is 75.4 Å². The van der Waals surface area contributed by atoms with Gasteiger partial charge in [-0.15, -0.1) is 11.3 Å². The van der Waals surface area contributed by atoms with Crippen LogP contribution in [0.1, 0.15) is 15.2 Å². The van der Waals surface area contributed by atoms with Crippen molar-refractivity contribution in [3.63, 3.8) is 0 Å². The Labute approximate surface area is 154 Å². The second-order valence-corrected chi connectivity index (χ2v) is 6.48. The Bertz CT molecular complexity index is 893. The number of rotatable bonds is 5. The van der Waals surface area contributed by atoms with Gasteiger partial charge in [0.05, 0.1) is 23.4 Å². The Kier molecular flexibility index (Phi) is 5.48. The van der Waals surface area contributed by atoms with Gasteiger partial charge < -0.3 is 10.1 Å². The van der Waals surface area contributed by atoms with Crippen molar-refractivity contribution in [3.8, 4) is 5.75 Å². The molecule has 0 spiro atoms. The van der Waals surface area contributed by atoms with E-state index in [9.17, 15) is 4.79 Å². The number of amides is 1. The van der Waals surface area contributed by atoms with Gasteiger partial charge in [0, 0.05) is 22.8 Å². The third-order valence-corrected chi connectivity index (χ3v) is 4.53. The Morgan fingerprint density at radius 2 is 2.00 bits per heavy atom. The summed E-state index contributed by atoms with van der Waals surface area (Å²) >= 11 is 7.88. The lowest BCUT2D eigenvalue weighted by atomic mass is 10.1. The summed E-state index contributed by atoms with van der Waals surface area (Å²) in [4.78, 5) is 17.9. The van der Waals surface area contributed by atoms with E-state index >= 15 is 0 Å². The van der Waals surface area contributed by atoms with Gasteiger partial charge in [-0.1, -0.05) is 35.9 Å². The third-order valence-electron chi connectivity index (χ3n) is 3.42. The van der Waals surface area contributed by atoms with Crippen LogP contribution in [0.5, 0.6) is 5.75 Å². The van der Waals surface area contributed by atoms with E-state index < -0.39 is 0 Å². The average molecular weight is 371 g/mol. The van der Waals surface area contributed by atoms with E-state index in [0.29, 0.717) is 27.7 Å². The van der Waals surface area contributed by atoms with Crippen LogP contribution in [0.3, 0.4) is 0 Å². The van der Waals surface area contributed by atoms with Gasteiger partial charge in [-0.3, -0.25) is 9.79 Å². The largest absolute Gasteiger partial charge is 0.496 e. The number of methoxy groups -OCH3 is 1. The molecule has 0 unspecified atom stereocenters. The van der Waals surface area contributed by atoms with Crippen LogP contribution in [-0.2, 0) is 0 Å². The van der Waals surface area contributed by atoms with Gasteiger partial charge in [-0.25, -0.2) is 0 Å². The number of hydrogen-bond acceptors (Lipinski definition) is 4. The van der Waals surface area contributed by atoms with E-state index in [0.717, 1.165) is 4.88 Å². The molecule has 0 bridgehead atoms. The summed E-state index contributed by atoms with van der Waals surface area (Å²) in [6.45, 7) is 0. The summed E-state index contributed by atoms with van der Waals surface area (Å²) in [7, 11) is 1.51. The van der Waals surface area contributed by atoms with Gasteiger partial charge in [-0.05, 0) is 29.6 Å². The van der Waals surface area contributed by atoms with Crippen LogP contribution in [-0.4, -0.2) is 19.2 Å². The van der Waals surface area contributed by atoms with E-state index in [-0.39, 0.29) is 5.91 Å². The maximum atomic E-state index is 12.5. The predicted molar refractivity (Wildman–Crippen MR) is 104 cm³/mol. The van der Waals surface area contributed by atoms with Crippen molar-refractivity contribution in [2.75, 3.05) is 12.4 Å². The fraction of sp³-hybridized carbons (Fsp3) is 0.0526. The lowest BCUT2D eigenvalue weighted by molar-refractivity contribution is 0.102. The van der Waals surface area contributed by atoms with Crippen LogP contribution in [0.15, 0.2) is 65.0 Å². The third kappa shape index (κ3) is 4.26. The fourth-order valence-electron chi connectivity index (χ4n) is 2.21. The maximum absolute atomic E-state index is 12.5. The Morgan fingerprint density at radius 1 is 1.20 bits per heavy atom. The maximum Gasteiger partial charge on any atom is 0.259 e. The van der Waals surface area contributed by atoms with Crippen molar-refractivity contribution < 1.29 is 9.53 Å². The Morgan fingerprint density at radius 3 is 2.68 bits per heavy atom. The molecule has 1 aromatic heterocycles. The van der Waals surface area contributed by atoms with Crippen LogP contribution in [0.4, 0.5) is 11.4 Å². The molecule has 25 heavy (non-hydrogen) atoms. The minimum atomic E-state index is -0.293. The summed E-state index contributed by atoms with van der Waals surface area (Å²) < 4.78 is 5.35. The van der Waals surface area contributed by atoms with Gasteiger partial charge in [0.2, 0.25) is 0 Å². The molecule has 126 valence electrons. The Balaban J connectivity index is 1.87. The molecule has 0 atom stereocenters. The van der Waals surface area contributed by atoms with E-state index in [1.54, 1.807) is 29.7 Å². The molecule has 3 aromatic rings. The fourth-order valence-corrected chi connectivity index (χ4v) is 3.00. The molecule has 1 N–H and O–H groups in total. The number of benzene rings is 2. The number of carbonyl (C=O) groups is 1. The average Bonchev–Trinajstić information content (AvgIpc) is 3.15. The SMILES string of the molecule is COc1cc(N=Cc2cccs2)c(Cl)cc1C(=O)Nc1ccccc1. The molecule has 0 aliphatic heterocycles. The molecule has 0 saturated carbocycles. The standard InChI is InChI=1S/C19H15ClN2O2S/c1-24-18-11-17(21-12-14-8-5-9-25-14)16(20)10-15(18)19(23)22-13-6-3-2-4-7-13/h2-12H,1H3,(H,22,23). The molecular formula is C19H15ClN2O2S. The molecule has 0 radical (unpaired) electrons. The normalized spacial score (nSPS) is 10.8. The number of para-hydroxylation sites is 1. The summed E-state index contributed by atoms with van der Waals surface area (Å²) in [5.41, 5.74) is 1.60. The molecule has 4 nitrogen and oxygen atoms in total. The number of carbonyl (C=O) groups excluding carboxylic acids is 1. The first kappa shape index (κ1) is 17.2. The van der Waals surface area contributed by atoms with Crippen LogP contribution < -0.4 is 10.1 Å². The van der Waals surface area contributed by atoms with Crippen molar-refractivity contribution in [1.29, 1.82) is 0 Å². The van der Waals surface area contributed by atoms with Gasteiger partial charge in [0.25, 0.3) is 5.91 Å². The predicted octanol–water partition coefficient (Wildman–Crippen LogP) is 5.41. The quantitative estimate of drug-likeness (QED) is 0.610. The zero-order chi connectivity index (χ0) is 17.6. The van der Waals surface area contributed by atoms with Gasteiger partial charge >= 0.3 is 0 Å². The van der Waals surface area contributed by atoms with Crippen LogP contribution in [0.2, 0.25) is 5.02 Å². The number of aliphatic imine (C=N–C) groups is 1. The molecule has 6 heteroatoms. The highest BCUT2D eigenvalue weighted by atomic mass is 35.5. The first-order valence-corrected chi connectivity index (χ1v) is 8.74. The molecule has 1 amide bonds. The van der Waals surface area contributed by atoms with E-state index in [1.807, 2.05) is 47.8 Å².